The van der Waals surface area contributed by atoms with Crippen LogP contribution in [0.4, 0.5) is 10.3 Å². The summed E-state index contributed by atoms with van der Waals surface area (Å²) in [5, 5.41) is 2.84. The highest BCUT2D eigenvalue weighted by Crippen LogP contribution is 2.40. The molecule has 8 heteroatoms. The molecule has 2 unspecified atom stereocenters. The quantitative estimate of drug-likeness (QED) is 0.794. The molecule has 152 valence electrons. The number of aromatic nitrogens is 2. The van der Waals surface area contributed by atoms with Crippen molar-refractivity contribution >= 4 is 17.8 Å². The number of hydrogen-bond acceptors (Lipinski definition) is 5. The predicted octanol–water partition coefficient (Wildman–Crippen LogP) is 1.26. The highest BCUT2D eigenvalue weighted by molar-refractivity contribution is 5.92. The van der Waals surface area contributed by atoms with Crippen molar-refractivity contribution < 1.29 is 14.0 Å². The fourth-order valence-electron chi connectivity index (χ4n) is 3.73. The van der Waals surface area contributed by atoms with Crippen LogP contribution in [-0.4, -0.2) is 59.4 Å². The number of amides is 2. The molecule has 4 rings (SSSR count). The first-order valence-corrected chi connectivity index (χ1v) is 9.95. The number of carbonyl (C=O) groups is 2. The molecular formula is C21H24FN5O2. The molecule has 1 aliphatic heterocycles. The molecule has 1 N–H and O–H groups in total. The molecular weight excluding hydrogens is 373 g/mol. The van der Waals surface area contributed by atoms with E-state index in [2.05, 4.69) is 20.2 Å². The number of piperazine rings is 1. The molecule has 2 aliphatic rings. The van der Waals surface area contributed by atoms with Gasteiger partial charge in [-0.2, -0.15) is 0 Å². The zero-order valence-corrected chi connectivity index (χ0v) is 16.1. The van der Waals surface area contributed by atoms with E-state index in [0.717, 1.165) is 0 Å². The maximum Gasteiger partial charge on any atom is 0.226 e. The Balaban J connectivity index is 1.20. The summed E-state index contributed by atoms with van der Waals surface area (Å²) in [5.74, 6) is -0.148. The van der Waals surface area contributed by atoms with Gasteiger partial charge < -0.3 is 15.1 Å². The third-order valence-electron chi connectivity index (χ3n) is 5.52. The molecule has 1 aliphatic carbocycles. The minimum Gasteiger partial charge on any atom is -0.356 e. The number of carbonyl (C=O) groups excluding carboxylic acids is 2. The van der Waals surface area contributed by atoms with Gasteiger partial charge in [-0.1, -0.05) is 18.2 Å². The lowest BCUT2D eigenvalue weighted by Gasteiger charge is -2.34. The van der Waals surface area contributed by atoms with Crippen LogP contribution >= 0.6 is 0 Å². The molecule has 2 fully saturated rings. The molecule has 2 heterocycles. The number of nitrogens with one attached hydrogen (secondary N) is 1. The van der Waals surface area contributed by atoms with E-state index >= 15 is 0 Å². The van der Waals surface area contributed by atoms with Gasteiger partial charge in [-0.15, -0.1) is 0 Å². The van der Waals surface area contributed by atoms with E-state index in [9.17, 15) is 14.0 Å². The first-order chi connectivity index (χ1) is 14.1. The number of benzene rings is 1. The second-order valence-corrected chi connectivity index (χ2v) is 7.44. The van der Waals surface area contributed by atoms with E-state index < -0.39 is 0 Å². The largest absolute Gasteiger partial charge is 0.356 e. The number of halogens is 1. The summed E-state index contributed by atoms with van der Waals surface area (Å²) in [6.07, 6.45) is 4.44. The fourth-order valence-corrected chi connectivity index (χ4v) is 3.73. The molecule has 7 nitrogen and oxygen atoms in total. The summed E-state index contributed by atoms with van der Waals surface area (Å²) >= 11 is 0. The van der Waals surface area contributed by atoms with E-state index in [-0.39, 0.29) is 29.5 Å². The standard InChI is InChI=1S/C21H24FN5O2/c22-18-5-2-1-4-15(18)6-9-23-19(28)16-14-17(16)20(29)26-10-12-27(13-11-26)21-24-7-3-8-25-21/h1-5,7-8,16-17H,6,9-14H2,(H,23,28). The lowest BCUT2D eigenvalue weighted by Crippen LogP contribution is -2.50. The minimum absolute atomic E-state index is 0.0490. The van der Waals surface area contributed by atoms with E-state index in [1.54, 1.807) is 36.7 Å². The van der Waals surface area contributed by atoms with Crippen LogP contribution in [0.15, 0.2) is 42.7 Å². The van der Waals surface area contributed by atoms with Crippen molar-refractivity contribution in [2.45, 2.75) is 12.8 Å². The average molecular weight is 397 g/mol. The Morgan fingerprint density at radius 1 is 1.03 bits per heavy atom. The topological polar surface area (TPSA) is 78.4 Å². The third-order valence-corrected chi connectivity index (χ3v) is 5.52. The van der Waals surface area contributed by atoms with Gasteiger partial charge in [0, 0.05) is 45.1 Å². The number of nitrogens with zero attached hydrogens (tertiary/aromatic N) is 4. The first-order valence-electron chi connectivity index (χ1n) is 9.95. The van der Waals surface area contributed by atoms with Crippen LogP contribution in [0, 0.1) is 17.7 Å². The lowest BCUT2D eigenvalue weighted by molar-refractivity contribution is -0.135. The van der Waals surface area contributed by atoms with Crippen LogP contribution in [-0.2, 0) is 16.0 Å². The van der Waals surface area contributed by atoms with E-state index in [0.29, 0.717) is 57.1 Å². The fraction of sp³-hybridized carbons (Fsp3) is 0.429. The normalized spacial score (nSPS) is 21.0. The molecule has 2 atom stereocenters. The molecule has 2 amide bonds. The summed E-state index contributed by atoms with van der Waals surface area (Å²) < 4.78 is 13.6. The third kappa shape index (κ3) is 4.52. The van der Waals surface area contributed by atoms with E-state index in [4.69, 9.17) is 0 Å². The van der Waals surface area contributed by atoms with Crippen molar-refractivity contribution in [3.63, 3.8) is 0 Å². The smallest absolute Gasteiger partial charge is 0.226 e. The molecule has 2 aromatic rings. The van der Waals surface area contributed by atoms with Crippen LogP contribution in [0.2, 0.25) is 0 Å². The van der Waals surface area contributed by atoms with Crippen LogP contribution < -0.4 is 10.2 Å². The van der Waals surface area contributed by atoms with Crippen LogP contribution in [0.1, 0.15) is 12.0 Å². The van der Waals surface area contributed by atoms with E-state index in [1.807, 2.05) is 4.90 Å². The minimum atomic E-state index is -0.265. The SMILES string of the molecule is O=C(NCCc1ccccc1F)C1CC1C(=O)N1CCN(c2ncccn2)CC1. The van der Waals surface area contributed by atoms with Crippen molar-refractivity contribution in [2.75, 3.05) is 37.6 Å². The maximum absolute atomic E-state index is 13.6. The number of rotatable bonds is 6. The Bertz CT molecular complexity index is 870. The van der Waals surface area contributed by atoms with Gasteiger partial charge in [-0.3, -0.25) is 9.59 Å². The monoisotopic (exact) mass is 397 g/mol. The molecule has 1 saturated heterocycles. The highest BCUT2D eigenvalue weighted by Gasteiger charge is 2.49. The van der Waals surface area contributed by atoms with Crippen LogP contribution in [0.25, 0.3) is 0 Å². The van der Waals surface area contributed by atoms with Crippen molar-refractivity contribution in [2.24, 2.45) is 11.8 Å². The van der Waals surface area contributed by atoms with Gasteiger partial charge in [0.15, 0.2) is 0 Å². The van der Waals surface area contributed by atoms with Gasteiger partial charge in [-0.05, 0) is 30.5 Å². The van der Waals surface area contributed by atoms with Crippen molar-refractivity contribution in [1.29, 1.82) is 0 Å². The van der Waals surface area contributed by atoms with Gasteiger partial charge in [0.2, 0.25) is 17.8 Å². The molecule has 0 radical (unpaired) electrons. The summed E-state index contributed by atoms with van der Waals surface area (Å²) in [6.45, 7) is 2.95. The predicted molar refractivity (Wildman–Crippen MR) is 106 cm³/mol. The summed E-state index contributed by atoms with van der Waals surface area (Å²) in [4.78, 5) is 37.4. The van der Waals surface area contributed by atoms with Gasteiger partial charge in [0.1, 0.15) is 5.82 Å². The van der Waals surface area contributed by atoms with Crippen molar-refractivity contribution in [3.05, 3.63) is 54.1 Å². The highest BCUT2D eigenvalue weighted by atomic mass is 19.1. The number of anilines is 1. The van der Waals surface area contributed by atoms with Gasteiger partial charge in [-0.25, -0.2) is 14.4 Å². The van der Waals surface area contributed by atoms with Gasteiger partial charge in [0.05, 0.1) is 11.8 Å². The molecule has 1 saturated carbocycles. The molecule has 29 heavy (non-hydrogen) atoms. The van der Waals surface area contributed by atoms with Crippen LogP contribution in [0.5, 0.6) is 0 Å². The van der Waals surface area contributed by atoms with Crippen LogP contribution in [0.3, 0.4) is 0 Å². The van der Waals surface area contributed by atoms with Crippen molar-refractivity contribution in [1.82, 2.24) is 20.2 Å². The Morgan fingerprint density at radius 2 is 1.76 bits per heavy atom. The summed E-state index contributed by atoms with van der Waals surface area (Å²) in [7, 11) is 0. The summed E-state index contributed by atoms with van der Waals surface area (Å²) in [5.41, 5.74) is 0.580. The molecule has 0 bridgehead atoms. The first kappa shape index (κ1) is 19.3. The number of hydrogen-bond donors (Lipinski definition) is 1. The average Bonchev–Trinajstić information content (AvgIpc) is 3.56. The second-order valence-electron chi connectivity index (χ2n) is 7.44. The maximum atomic E-state index is 13.6. The van der Waals surface area contributed by atoms with Gasteiger partial charge in [0.25, 0.3) is 0 Å². The summed E-state index contributed by atoms with van der Waals surface area (Å²) in [6, 6.07) is 8.32. The lowest BCUT2D eigenvalue weighted by atomic mass is 10.1. The Kier molecular flexibility index (Phi) is 5.69. The Labute approximate surface area is 168 Å². The second kappa shape index (κ2) is 8.55. The molecule has 0 spiro atoms. The zero-order chi connectivity index (χ0) is 20.2. The van der Waals surface area contributed by atoms with E-state index in [1.165, 1.54) is 6.07 Å². The molecule has 1 aromatic heterocycles. The zero-order valence-electron chi connectivity index (χ0n) is 16.1. The Hall–Kier alpha value is -3.03. The molecule has 1 aromatic carbocycles. The Morgan fingerprint density at radius 3 is 2.48 bits per heavy atom. The van der Waals surface area contributed by atoms with Gasteiger partial charge >= 0.3 is 0 Å². The van der Waals surface area contributed by atoms with Crippen molar-refractivity contribution in [3.8, 4) is 0 Å².